The van der Waals surface area contributed by atoms with Gasteiger partial charge >= 0.3 is 43.6 Å². The minimum Gasteiger partial charge on any atom is -0.463 e. The van der Waals surface area contributed by atoms with Crippen molar-refractivity contribution in [3.05, 3.63) is 84.4 Å². The number of esters is 6. The van der Waals surface area contributed by atoms with Crippen LogP contribution < -0.4 is 0 Å². The highest BCUT2D eigenvalue weighted by atomic mass is 31.2. The zero-order valence-electron chi connectivity index (χ0n) is 36.3. The third-order valence-electron chi connectivity index (χ3n) is 9.70. The van der Waals surface area contributed by atoms with E-state index in [0.29, 0.717) is 6.42 Å². The number of hydrogen-bond acceptors (Lipinski definition) is 18. The number of unbranched alkanes of at least 4 members (excludes halogenated alkanes) is 6. The van der Waals surface area contributed by atoms with E-state index in [1.807, 2.05) is 6.08 Å². The summed E-state index contributed by atoms with van der Waals surface area (Å²) < 4.78 is 76.2. The Morgan fingerprint density at radius 2 is 1.17 bits per heavy atom. The van der Waals surface area contributed by atoms with E-state index in [1.54, 1.807) is 36.4 Å². The standard InChI is InChI=1S/C44H57O19P/c1-6-7-8-9-10-11-12-19-24-55-64(51,52)63-43-35(59-42(50)33-22-17-14-18-23-33)25-34(36(61-43)26-54-41(49)32-20-15-13-16-21-32)60-44-40(58-31(5)48)39(57-30(4)47)38(56-29(3)46)37(62-44)27-53-28(2)45/h6,13-18,20-23,34-40,43-44H,1,7-12,19,24-27H2,2-5H3,(H,51,52)/t34-,35-,36+,37+,38-,39-,40+,43+,44+/m0/s1. The summed E-state index contributed by atoms with van der Waals surface area (Å²) in [6.45, 7) is 6.69. The molecule has 0 aliphatic carbocycles. The van der Waals surface area contributed by atoms with Crippen molar-refractivity contribution >= 4 is 43.6 Å². The Labute approximate surface area is 371 Å². The molecule has 0 saturated carbocycles. The maximum absolute atomic E-state index is 13.5. The summed E-state index contributed by atoms with van der Waals surface area (Å²) in [5, 5.41) is 0. The molecule has 19 nitrogen and oxygen atoms in total. The van der Waals surface area contributed by atoms with Crippen LogP contribution in [0.15, 0.2) is 73.3 Å². The monoisotopic (exact) mass is 920 g/mol. The maximum atomic E-state index is 13.5. The Morgan fingerprint density at radius 3 is 1.77 bits per heavy atom. The van der Waals surface area contributed by atoms with Gasteiger partial charge in [-0.15, -0.1) is 6.58 Å². The van der Waals surface area contributed by atoms with Crippen molar-refractivity contribution in [3.8, 4) is 0 Å². The summed E-state index contributed by atoms with van der Waals surface area (Å²) in [4.78, 5) is 86.9. The van der Waals surface area contributed by atoms with Gasteiger partial charge in [0.15, 0.2) is 30.7 Å². The molecular weight excluding hydrogens is 863 g/mol. The Morgan fingerprint density at radius 1 is 0.641 bits per heavy atom. The molecule has 10 atom stereocenters. The second kappa shape index (κ2) is 26.1. The molecule has 0 bridgehead atoms. The summed E-state index contributed by atoms with van der Waals surface area (Å²) in [7, 11) is -4.93. The molecule has 2 saturated heterocycles. The summed E-state index contributed by atoms with van der Waals surface area (Å²) >= 11 is 0. The van der Waals surface area contributed by atoms with Gasteiger partial charge in [0.2, 0.25) is 6.29 Å². The molecule has 20 heteroatoms. The Balaban J connectivity index is 1.68. The first-order valence-electron chi connectivity index (χ1n) is 20.9. The predicted octanol–water partition coefficient (Wildman–Crippen LogP) is 5.70. The third kappa shape index (κ3) is 17.2. The van der Waals surface area contributed by atoms with E-state index in [2.05, 4.69) is 6.58 Å². The van der Waals surface area contributed by atoms with Crippen LogP contribution in [-0.4, -0.2) is 116 Å². The predicted molar refractivity (Wildman–Crippen MR) is 222 cm³/mol. The van der Waals surface area contributed by atoms with Gasteiger partial charge in [0, 0.05) is 34.1 Å². The average Bonchev–Trinajstić information content (AvgIpc) is 3.24. The minimum absolute atomic E-state index is 0.102. The molecule has 2 heterocycles. The second-order valence-electron chi connectivity index (χ2n) is 14.9. The fourth-order valence-electron chi connectivity index (χ4n) is 6.83. The molecule has 0 amide bonds. The first-order chi connectivity index (χ1) is 30.6. The molecular formula is C44H57O19P. The number of benzene rings is 2. The lowest BCUT2D eigenvalue weighted by Gasteiger charge is -2.46. The zero-order chi connectivity index (χ0) is 46.6. The second-order valence-corrected chi connectivity index (χ2v) is 16.3. The van der Waals surface area contributed by atoms with E-state index < -0.39 is 119 Å². The fraction of sp³-hybridized carbons (Fsp3) is 0.545. The SMILES string of the molecule is C=CCCCCCCCCOP(=O)(O)O[C@H]1O[C@H](COC(=O)c2ccccc2)[C@@H](O[C@@H]2O[C@H](COC(C)=O)[C@H](OC(C)=O)[C@H](OC(C)=O)[C@H]2OC(C)=O)C[C@@H]1OC(=O)c1ccccc1. The average molecular weight is 921 g/mol. The summed E-state index contributed by atoms with van der Waals surface area (Å²) in [6.07, 6.45) is -6.67. The molecule has 1 unspecified atom stereocenters. The van der Waals surface area contributed by atoms with Crippen LogP contribution >= 0.6 is 7.82 Å². The van der Waals surface area contributed by atoms with Crippen LogP contribution in [0.1, 0.15) is 99.8 Å². The van der Waals surface area contributed by atoms with Crippen LogP contribution in [-0.2, 0) is 75.4 Å². The molecule has 0 spiro atoms. The van der Waals surface area contributed by atoms with Crippen molar-refractivity contribution in [3.63, 3.8) is 0 Å². The summed E-state index contributed by atoms with van der Waals surface area (Å²) in [5.74, 6) is -5.07. The van der Waals surface area contributed by atoms with Gasteiger partial charge in [0.25, 0.3) is 0 Å². The molecule has 2 fully saturated rings. The van der Waals surface area contributed by atoms with E-state index in [-0.39, 0.29) is 17.7 Å². The topological polar surface area (TPSA) is 241 Å². The van der Waals surface area contributed by atoms with Crippen molar-refractivity contribution < 1.29 is 89.9 Å². The first kappa shape index (κ1) is 51.6. The van der Waals surface area contributed by atoms with E-state index in [4.69, 9.17) is 51.7 Å². The van der Waals surface area contributed by atoms with Crippen molar-refractivity contribution in [1.82, 2.24) is 0 Å². The van der Waals surface area contributed by atoms with Crippen LogP contribution in [0.3, 0.4) is 0 Å². The lowest BCUT2D eigenvalue weighted by molar-refractivity contribution is -0.339. The van der Waals surface area contributed by atoms with Gasteiger partial charge in [0.1, 0.15) is 25.4 Å². The quantitative estimate of drug-likeness (QED) is 0.0436. The first-order valence-corrected chi connectivity index (χ1v) is 22.4. The fourth-order valence-corrected chi connectivity index (χ4v) is 7.70. The number of ether oxygens (including phenoxy) is 9. The number of carbonyl (C=O) groups excluding carboxylic acids is 6. The van der Waals surface area contributed by atoms with Gasteiger partial charge in [-0.05, 0) is 43.5 Å². The smallest absolute Gasteiger partial charge is 0.463 e. The van der Waals surface area contributed by atoms with Crippen LogP contribution in [0.2, 0.25) is 0 Å². The summed E-state index contributed by atoms with van der Waals surface area (Å²) in [5.41, 5.74) is 0.271. The molecule has 4 rings (SSSR count). The van der Waals surface area contributed by atoms with Gasteiger partial charge in [-0.3, -0.25) is 28.2 Å². The number of phosphoric ester groups is 1. The number of rotatable bonds is 24. The highest BCUT2D eigenvalue weighted by Gasteiger charge is 2.55. The van der Waals surface area contributed by atoms with Crippen LogP contribution in [0, 0.1) is 0 Å². The van der Waals surface area contributed by atoms with Gasteiger partial charge < -0.3 is 47.5 Å². The van der Waals surface area contributed by atoms with Crippen LogP contribution in [0.25, 0.3) is 0 Å². The van der Waals surface area contributed by atoms with E-state index >= 15 is 0 Å². The molecule has 2 aromatic carbocycles. The van der Waals surface area contributed by atoms with Crippen LogP contribution in [0.5, 0.6) is 0 Å². The summed E-state index contributed by atoms with van der Waals surface area (Å²) in [6, 6.07) is 15.7. The lowest BCUT2D eigenvalue weighted by Crippen LogP contribution is -2.64. The van der Waals surface area contributed by atoms with Gasteiger partial charge in [0.05, 0.1) is 23.8 Å². The molecule has 2 aliphatic rings. The molecule has 2 aromatic rings. The number of allylic oxidation sites excluding steroid dienone is 1. The van der Waals surface area contributed by atoms with Crippen molar-refractivity contribution in [2.45, 2.75) is 134 Å². The molecule has 64 heavy (non-hydrogen) atoms. The van der Waals surface area contributed by atoms with Crippen LogP contribution in [0.4, 0.5) is 0 Å². The number of hydrogen-bond donors (Lipinski definition) is 1. The van der Waals surface area contributed by atoms with Gasteiger partial charge in [-0.1, -0.05) is 68.2 Å². The van der Waals surface area contributed by atoms with Gasteiger partial charge in [-0.25, -0.2) is 14.2 Å². The van der Waals surface area contributed by atoms with Crippen molar-refractivity contribution in [1.29, 1.82) is 0 Å². The number of phosphoric acid groups is 1. The molecule has 0 aromatic heterocycles. The minimum atomic E-state index is -4.93. The third-order valence-corrected chi connectivity index (χ3v) is 10.7. The Kier molecular flexibility index (Phi) is 21.0. The molecule has 0 radical (unpaired) electrons. The zero-order valence-corrected chi connectivity index (χ0v) is 37.2. The largest absolute Gasteiger partial charge is 0.474 e. The lowest BCUT2D eigenvalue weighted by atomic mass is 9.97. The Hall–Kier alpha value is -5.01. The number of carbonyl (C=O) groups is 6. The normalized spacial score (nSPS) is 25.1. The maximum Gasteiger partial charge on any atom is 0.474 e. The van der Waals surface area contributed by atoms with Gasteiger partial charge in [-0.2, -0.15) is 0 Å². The van der Waals surface area contributed by atoms with Crippen molar-refractivity contribution in [2.75, 3.05) is 19.8 Å². The highest BCUT2D eigenvalue weighted by Crippen LogP contribution is 2.47. The highest BCUT2D eigenvalue weighted by molar-refractivity contribution is 7.47. The molecule has 352 valence electrons. The van der Waals surface area contributed by atoms with E-state index in [1.165, 1.54) is 24.3 Å². The Bertz CT molecular complexity index is 1890. The van der Waals surface area contributed by atoms with E-state index in [9.17, 15) is 38.2 Å². The van der Waals surface area contributed by atoms with E-state index in [0.717, 1.165) is 66.2 Å². The molecule has 1 N–H and O–H groups in total. The molecule has 2 aliphatic heterocycles. The van der Waals surface area contributed by atoms with Crippen molar-refractivity contribution in [2.24, 2.45) is 0 Å².